The molecule has 1 saturated heterocycles. The first-order valence-electron chi connectivity index (χ1n) is 10.3. The lowest BCUT2D eigenvalue weighted by Gasteiger charge is -2.12. The summed E-state index contributed by atoms with van der Waals surface area (Å²) in [6.07, 6.45) is 1.67. The number of nitrogens with one attached hydrogen (secondary N) is 1. The van der Waals surface area contributed by atoms with Crippen LogP contribution in [-0.4, -0.2) is 24.1 Å². The van der Waals surface area contributed by atoms with Crippen LogP contribution in [0.15, 0.2) is 76.6 Å². The Labute approximate surface area is 211 Å². The minimum absolute atomic E-state index is 0.198. The minimum Gasteiger partial charge on any atom is -0.493 e. The third-order valence-electron chi connectivity index (χ3n) is 4.95. The van der Waals surface area contributed by atoms with Gasteiger partial charge in [-0.1, -0.05) is 35.9 Å². The van der Waals surface area contributed by atoms with Gasteiger partial charge in [-0.25, -0.2) is 0 Å². The third-order valence-corrected chi connectivity index (χ3v) is 6.11. The molecule has 3 aromatic carbocycles. The van der Waals surface area contributed by atoms with Gasteiger partial charge in [-0.3, -0.25) is 9.59 Å². The van der Waals surface area contributed by atoms with E-state index in [1.165, 1.54) is 7.11 Å². The number of amidine groups is 1. The van der Waals surface area contributed by atoms with Gasteiger partial charge in [0.25, 0.3) is 11.8 Å². The van der Waals surface area contributed by atoms with Crippen LogP contribution in [0.4, 0.5) is 0 Å². The second-order valence-corrected chi connectivity index (χ2v) is 8.73. The summed E-state index contributed by atoms with van der Waals surface area (Å²) in [5.74, 6) is 0.141. The first-order chi connectivity index (χ1) is 17.0. The standard InChI is InChI=1S/C26H18ClN3O4S/c1-33-22-12-16(6-11-21(22)34-15-19-5-3-2-4-18(19)14-28)13-23-25(32)30-26(35-23)29-24(31)17-7-9-20(27)10-8-17/h2-13H,15H2,1H3,(H,29,30,31,32)/b23-13-. The molecule has 0 saturated carbocycles. The number of hydrogen-bond acceptors (Lipinski definition) is 6. The topological polar surface area (TPSA) is 101 Å². The highest BCUT2D eigenvalue weighted by molar-refractivity contribution is 8.18. The zero-order valence-corrected chi connectivity index (χ0v) is 20.0. The van der Waals surface area contributed by atoms with Crippen molar-refractivity contribution in [2.75, 3.05) is 7.11 Å². The lowest BCUT2D eigenvalue weighted by atomic mass is 10.1. The van der Waals surface area contributed by atoms with E-state index in [1.54, 1.807) is 60.7 Å². The average Bonchev–Trinajstić information content (AvgIpc) is 3.21. The Morgan fingerprint density at radius 3 is 2.66 bits per heavy atom. The van der Waals surface area contributed by atoms with Crippen LogP contribution in [0.25, 0.3) is 6.08 Å². The van der Waals surface area contributed by atoms with Crippen molar-refractivity contribution in [3.05, 3.63) is 98.9 Å². The van der Waals surface area contributed by atoms with Gasteiger partial charge in [0.05, 0.1) is 23.6 Å². The number of aliphatic imine (C=N–C) groups is 1. The van der Waals surface area contributed by atoms with Crippen LogP contribution in [0.5, 0.6) is 11.5 Å². The second kappa shape index (κ2) is 10.9. The molecule has 1 aliphatic heterocycles. The first kappa shape index (κ1) is 24.1. The molecule has 1 heterocycles. The highest BCUT2D eigenvalue weighted by Gasteiger charge is 2.25. The van der Waals surface area contributed by atoms with Crippen molar-refractivity contribution in [1.82, 2.24) is 5.32 Å². The predicted octanol–water partition coefficient (Wildman–Crippen LogP) is 5.20. The van der Waals surface area contributed by atoms with Crippen molar-refractivity contribution < 1.29 is 19.1 Å². The van der Waals surface area contributed by atoms with Crippen LogP contribution in [0.3, 0.4) is 0 Å². The fourth-order valence-electron chi connectivity index (χ4n) is 3.19. The normalized spacial score (nSPS) is 15.1. The highest BCUT2D eigenvalue weighted by Crippen LogP contribution is 2.32. The van der Waals surface area contributed by atoms with E-state index in [0.29, 0.717) is 38.1 Å². The van der Waals surface area contributed by atoms with E-state index in [9.17, 15) is 14.9 Å². The molecule has 9 heteroatoms. The fourth-order valence-corrected chi connectivity index (χ4v) is 4.13. The molecule has 0 unspecified atom stereocenters. The molecule has 1 aliphatic rings. The van der Waals surface area contributed by atoms with Crippen LogP contribution >= 0.6 is 23.4 Å². The molecule has 35 heavy (non-hydrogen) atoms. The van der Waals surface area contributed by atoms with Crippen molar-refractivity contribution in [2.24, 2.45) is 4.99 Å². The molecule has 0 aliphatic carbocycles. The number of carbonyl (C=O) groups excluding carboxylic acids is 2. The van der Waals surface area contributed by atoms with Gasteiger partial charge in [0.15, 0.2) is 16.7 Å². The molecule has 0 bridgehead atoms. The van der Waals surface area contributed by atoms with Gasteiger partial charge in [-0.05, 0) is 65.9 Å². The van der Waals surface area contributed by atoms with Gasteiger partial charge in [0.1, 0.15) is 6.61 Å². The summed E-state index contributed by atoms with van der Waals surface area (Å²) in [6.45, 7) is 0.209. The van der Waals surface area contributed by atoms with Crippen molar-refractivity contribution in [2.45, 2.75) is 6.61 Å². The van der Waals surface area contributed by atoms with E-state index in [0.717, 1.165) is 17.3 Å². The van der Waals surface area contributed by atoms with Crippen LogP contribution in [0.1, 0.15) is 27.0 Å². The molecular formula is C26H18ClN3O4S. The molecule has 7 nitrogen and oxygen atoms in total. The molecule has 2 amide bonds. The Hall–Kier alpha value is -4.06. The number of thioether (sulfide) groups is 1. The Balaban J connectivity index is 1.48. The quantitative estimate of drug-likeness (QED) is 0.464. The number of amides is 2. The van der Waals surface area contributed by atoms with Crippen molar-refractivity contribution in [1.29, 1.82) is 5.26 Å². The van der Waals surface area contributed by atoms with Crippen molar-refractivity contribution in [3.63, 3.8) is 0 Å². The molecule has 0 radical (unpaired) electrons. The Kier molecular flexibility index (Phi) is 7.51. The number of halogens is 1. The summed E-state index contributed by atoms with van der Waals surface area (Å²) >= 11 is 6.92. The molecule has 174 valence electrons. The molecular weight excluding hydrogens is 486 g/mol. The number of rotatable bonds is 6. The summed E-state index contributed by atoms with van der Waals surface area (Å²) < 4.78 is 11.3. The molecule has 0 spiro atoms. The molecule has 0 aromatic heterocycles. The van der Waals surface area contributed by atoms with Crippen LogP contribution in [-0.2, 0) is 11.4 Å². The number of ether oxygens (including phenoxy) is 2. The predicted molar refractivity (Wildman–Crippen MR) is 135 cm³/mol. The molecule has 0 atom stereocenters. The molecule has 1 fully saturated rings. The smallest absolute Gasteiger partial charge is 0.279 e. The van der Waals surface area contributed by atoms with Gasteiger partial charge < -0.3 is 14.8 Å². The Bertz CT molecular complexity index is 1390. The number of benzene rings is 3. The monoisotopic (exact) mass is 503 g/mol. The van der Waals surface area contributed by atoms with Crippen LogP contribution in [0, 0.1) is 11.3 Å². The van der Waals surface area contributed by atoms with Crippen molar-refractivity contribution >= 4 is 46.4 Å². The van der Waals surface area contributed by atoms with E-state index < -0.39 is 5.91 Å². The number of nitriles is 1. The van der Waals surface area contributed by atoms with Gasteiger partial charge in [-0.2, -0.15) is 10.3 Å². The zero-order valence-electron chi connectivity index (χ0n) is 18.4. The number of methoxy groups -OCH3 is 1. The minimum atomic E-state index is -0.480. The zero-order chi connectivity index (χ0) is 24.8. The van der Waals surface area contributed by atoms with E-state index >= 15 is 0 Å². The van der Waals surface area contributed by atoms with Gasteiger partial charge in [-0.15, -0.1) is 0 Å². The van der Waals surface area contributed by atoms with Gasteiger partial charge in [0, 0.05) is 16.1 Å². The second-order valence-electron chi connectivity index (χ2n) is 7.26. The summed E-state index contributed by atoms with van der Waals surface area (Å²) in [6, 6.07) is 20.9. The SMILES string of the molecule is COc1cc(/C=C2\SC(=NC(=O)c3ccc(Cl)cc3)NC2=O)ccc1OCc1ccccc1C#N. The van der Waals surface area contributed by atoms with E-state index in [4.69, 9.17) is 21.1 Å². The highest BCUT2D eigenvalue weighted by atomic mass is 35.5. The van der Waals surface area contributed by atoms with Crippen molar-refractivity contribution in [3.8, 4) is 17.6 Å². The summed E-state index contributed by atoms with van der Waals surface area (Å²) in [5.41, 5.74) is 2.38. The average molecular weight is 504 g/mol. The Morgan fingerprint density at radius 2 is 1.91 bits per heavy atom. The first-order valence-corrected chi connectivity index (χ1v) is 11.5. The maximum atomic E-state index is 12.4. The van der Waals surface area contributed by atoms with Crippen LogP contribution < -0.4 is 14.8 Å². The summed E-state index contributed by atoms with van der Waals surface area (Å²) in [5, 5.41) is 12.6. The number of nitrogens with zero attached hydrogens (tertiary/aromatic N) is 2. The summed E-state index contributed by atoms with van der Waals surface area (Å²) in [4.78, 5) is 29.1. The Morgan fingerprint density at radius 1 is 1.14 bits per heavy atom. The van der Waals surface area contributed by atoms with Gasteiger partial charge >= 0.3 is 0 Å². The maximum absolute atomic E-state index is 12.4. The van der Waals surface area contributed by atoms with E-state index in [1.807, 2.05) is 12.1 Å². The number of carbonyl (C=O) groups is 2. The largest absolute Gasteiger partial charge is 0.493 e. The van der Waals surface area contributed by atoms with E-state index in [-0.39, 0.29) is 17.7 Å². The molecule has 3 aromatic rings. The number of hydrogen-bond donors (Lipinski definition) is 1. The lowest BCUT2D eigenvalue weighted by molar-refractivity contribution is -0.115. The lowest BCUT2D eigenvalue weighted by Crippen LogP contribution is -2.20. The van der Waals surface area contributed by atoms with Gasteiger partial charge in [0.2, 0.25) is 0 Å². The third kappa shape index (κ3) is 5.90. The maximum Gasteiger partial charge on any atom is 0.279 e. The van der Waals surface area contributed by atoms with E-state index in [2.05, 4.69) is 16.4 Å². The molecule has 1 N–H and O–H groups in total. The van der Waals surface area contributed by atoms with Crippen LogP contribution in [0.2, 0.25) is 5.02 Å². The molecule has 4 rings (SSSR count). The fraction of sp³-hybridized carbons (Fsp3) is 0.0769. The summed E-state index contributed by atoms with van der Waals surface area (Å²) in [7, 11) is 1.52.